The Labute approximate surface area is 273 Å². The Balaban J connectivity index is 1.55. The third-order valence-corrected chi connectivity index (χ3v) is 9.25. The molecule has 0 N–H and O–H groups in total. The summed E-state index contributed by atoms with van der Waals surface area (Å²) >= 11 is 0. The molecule has 1 saturated heterocycles. The van der Waals surface area contributed by atoms with Gasteiger partial charge in [-0.15, -0.1) is 12.3 Å². The predicted molar refractivity (Wildman–Crippen MR) is 188 cm³/mol. The van der Waals surface area contributed by atoms with Crippen LogP contribution in [-0.2, 0) is 4.79 Å². The lowest BCUT2D eigenvalue weighted by molar-refractivity contribution is -0.132. The van der Waals surface area contributed by atoms with Crippen LogP contribution in [0.1, 0.15) is 63.7 Å². The number of rotatable bonds is 11. The largest absolute Gasteiger partial charge is 0.456 e. The van der Waals surface area contributed by atoms with E-state index in [0.717, 1.165) is 83.5 Å². The second-order valence-corrected chi connectivity index (χ2v) is 11.8. The SMILES string of the molecule is C#CCCCCC(=O)N1CCN(C(=O)c2ccccc2-c2c3ccc(=[N+](CC)CC)cc-3oc3cc(N(CC)CC)ccc23)CC1. The number of hydrogen-bond donors (Lipinski definition) is 0. The van der Waals surface area contributed by atoms with Crippen LogP contribution in [0.15, 0.2) is 65.1 Å². The van der Waals surface area contributed by atoms with Crippen molar-refractivity contribution in [2.75, 3.05) is 57.3 Å². The smallest absolute Gasteiger partial charge is 0.254 e. The maximum atomic E-state index is 14.2. The van der Waals surface area contributed by atoms with Gasteiger partial charge >= 0.3 is 0 Å². The molecule has 240 valence electrons. The first-order chi connectivity index (χ1) is 22.4. The van der Waals surface area contributed by atoms with E-state index in [1.165, 1.54) is 0 Å². The number of hydrogen-bond acceptors (Lipinski definition) is 4. The number of unbranched alkanes of at least 4 members (excludes halogenated alkanes) is 2. The van der Waals surface area contributed by atoms with Gasteiger partial charge in [-0.3, -0.25) is 9.59 Å². The van der Waals surface area contributed by atoms with E-state index in [1.807, 2.05) is 34.1 Å². The van der Waals surface area contributed by atoms with Crippen molar-refractivity contribution in [3.05, 3.63) is 71.6 Å². The molecule has 0 aromatic heterocycles. The quantitative estimate of drug-likeness (QED) is 0.0851. The third kappa shape index (κ3) is 6.82. The third-order valence-electron chi connectivity index (χ3n) is 9.25. The predicted octanol–water partition coefficient (Wildman–Crippen LogP) is 6.34. The van der Waals surface area contributed by atoms with Crippen LogP contribution in [-0.4, -0.2) is 74.0 Å². The molecule has 2 aromatic rings. The molecule has 46 heavy (non-hydrogen) atoms. The molecule has 3 aliphatic rings. The summed E-state index contributed by atoms with van der Waals surface area (Å²) in [5, 5.41) is 2.08. The number of nitrogens with zero attached hydrogens (tertiary/aromatic N) is 4. The highest BCUT2D eigenvalue weighted by Gasteiger charge is 2.28. The monoisotopic (exact) mass is 619 g/mol. The highest BCUT2D eigenvalue weighted by Crippen LogP contribution is 2.42. The van der Waals surface area contributed by atoms with Crippen LogP contribution in [0.5, 0.6) is 0 Å². The maximum absolute atomic E-state index is 14.2. The van der Waals surface area contributed by atoms with Crippen molar-refractivity contribution in [2.45, 2.75) is 53.4 Å². The second kappa shape index (κ2) is 15.1. The van der Waals surface area contributed by atoms with E-state index >= 15 is 0 Å². The first-order valence-electron chi connectivity index (χ1n) is 16.9. The molecule has 2 amide bonds. The molecule has 7 heteroatoms. The zero-order valence-electron chi connectivity index (χ0n) is 27.8. The maximum Gasteiger partial charge on any atom is 0.254 e. The summed E-state index contributed by atoms with van der Waals surface area (Å²) in [6, 6.07) is 20.7. The molecule has 0 saturated carbocycles. The molecule has 0 atom stereocenters. The fourth-order valence-corrected chi connectivity index (χ4v) is 6.61. The highest BCUT2D eigenvalue weighted by molar-refractivity contribution is 6.09. The number of carbonyl (C=O) groups excluding carboxylic acids is 2. The summed E-state index contributed by atoms with van der Waals surface area (Å²) in [6.07, 6.45) is 8.21. The van der Waals surface area contributed by atoms with Gasteiger partial charge in [0, 0.05) is 92.0 Å². The van der Waals surface area contributed by atoms with Gasteiger partial charge in [-0.2, -0.15) is 0 Å². The van der Waals surface area contributed by atoms with Gasteiger partial charge in [0.25, 0.3) is 5.91 Å². The summed E-state index contributed by atoms with van der Waals surface area (Å²) in [5.74, 6) is 3.55. The molecular formula is C39H47N4O3+. The zero-order chi connectivity index (χ0) is 32.6. The van der Waals surface area contributed by atoms with Gasteiger partial charge in [0.05, 0.1) is 6.07 Å². The average Bonchev–Trinajstić information content (AvgIpc) is 3.09. The fraction of sp³-hybridized carbons (Fsp3) is 0.410. The van der Waals surface area contributed by atoms with E-state index < -0.39 is 0 Å². The molecule has 0 unspecified atom stereocenters. The van der Waals surface area contributed by atoms with Gasteiger partial charge in [0.15, 0.2) is 0 Å². The topological polar surface area (TPSA) is 60.0 Å². The molecule has 1 fully saturated rings. The van der Waals surface area contributed by atoms with Crippen LogP contribution >= 0.6 is 0 Å². The van der Waals surface area contributed by atoms with E-state index in [2.05, 4.69) is 79.5 Å². The fourth-order valence-electron chi connectivity index (χ4n) is 6.61. The van der Waals surface area contributed by atoms with Crippen molar-refractivity contribution in [3.8, 4) is 34.8 Å². The normalized spacial score (nSPS) is 13.2. The van der Waals surface area contributed by atoms with E-state index in [0.29, 0.717) is 44.6 Å². The lowest BCUT2D eigenvalue weighted by Crippen LogP contribution is -2.50. The minimum absolute atomic E-state index is 0.0154. The highest BCUT2D eigenvalue weighted by atomic mass is 16.3. The van der Waals surface area contributed by atoms with Crippen molar-refractivity contribution in [3.63, 3.8) is 0 Å². The van der Waals surface area contributed by atoms with Gasteiger partial charge in [-0.05, 0) is 70.4 Å². The van der Waals surface area contributed by atoms with E-state index in [9.17, 15) is 9.59 Å². The molecule has 0 radical (unpaired) electrons. The molecule has 7 nitrogen and oxygen atoms in total. The molecule has 2 heterocycles. The first-order valence-corrected chi connectivity index (χ1v) is 16.9. The van der Waals surface area contributed by atoms with Gasteiger partial charge in [-0.1, -0.05) is 18.2 Å². The lowest BCUT2D eigenvalue weighted by Gasteiger charge is -2.35. The van der Waals surface area contributed by atoms with Gasteiger partial charge in [-0.25, -0.2) is 4.58 Å². The van der Waals surface area contributed by atoms with Crippen molar-refractivity contribution in [2.24, 2.45) is 0 Å². The number of anilines is 1. The number of terminal acetylenes is 1. The van der Waals surface area contributed by atoms with Gasteiger partial charge in [0.2, 0.25) is 11.3 Å². The number of fused-ring (bicyclic) bond motifs is 2. The van der Waals surface area contributed by atoms with Crippen molar-refractivity contribution < 1.29 is 14.0 Å². The van der Waals surface area contributed by atoms with Crippen molar-refractivity contribution in [1.82, 2.24) is 14.4 Å². The van der Waals surface area contributed by atoms with E-state index in [1.54, 1.807) is 0 Å². The van der Waals surface area contributed by atoms with Crippen LogP contribution < -0.4 is 14.8 Å². The van der Waals surface area contributed by atoms with Crippen LogP contribution in [0.2, 0.25) is 0 Å². The molecule has 1 aliphatic carbocycles. The van der Waals surface area contributed by atoms with Crippen molar-refractivity contribution in [1.29, 1.82) is 0 Å². The Morgan fingerprint density at radius 3 is 2.28 bits per heavy atom. The Hall–Kier alpha value is -4.57. The summed E-state index contributed by atoms with van der Waals surface area (Å²) in [6.45, 7) is 14.3. The summed E-state index contributed by atoms with van der Waals surface area (Å²) < 4.78 is 8.97. The average molecular weight is 620 g/mol. The number of benzene rings is 3. The summed E-state index contributed by atoms with van der Waals surface area (Å²) in [5.41, 5.74) is 5.42. The number of piperazine rings is 1. The summed E-state index contributed by atoms with van der Waals surface area (Å²) in [4.78, 5) is 33.0. The molecule has 2 aromatic carbocycles. The molecular weight excluding hydrogens is 572 g/mol. The number of carbonyl (C=O) groups is 2. The Bertz CT molecular complexity index is 1760. The van der Waals surface area contributed by atoms with Gasteiger partial charge < -0.3 is 19.1 Å². The van der Waals surface area contributed by atoms with Crippen molar-refractivity contribution >= 4 is 28.5 Å². The zero-order valence-corrected chi connectivity index (χ0v) is 27.8. The minimum atomic E-state index is -0.0154. The first kappa shape index (κ1) is 32.8. The standard InChI is InChI=1S/C39H47N4O3/c1-6-11-12-13-18-37(44)42-23-25-43(26-24-42)39(45)32-17-15-14-16-31(32)38-33-21-19-29(40(7-2)8-3)27-35(33)46-36-28-30(20-22-34(36)38)41(9-4)10-5/h1,14-17,19-22,27-28H,7-13,18,23-26H2,2-5H3/q+1. The number of amides is 2. The Morgan fingerprint density at radius 1 is 0.870 bits per heavy atom. The second-order valence-electron chi connectivity index (χ2n) is 11.8. The molecule has 0 spiro atoms. The summed E-state index contributed by atoms with van der Waals surface area (Å²) in [7, 11) is 0. The molecule has 2 aliphatic heterocycles. The van der Waals surface area contributed by atoms with Gasteiger partial charge in [0.1, 0.15) is 24.4 Å². The van der Waals surface area contributed by atoms with Crippen LogP contribution in [0.4, 0.5) is 5.69 Å². The Kier molecular flexibility index (Phi) is 10.8. The van der Waals surface area contributed by atoms with Crippen LogP contribution in [0.3, 0.4) is 0 Å². The van der Waals surface area contributed by atoms with E-state index in [-0.39, 0.29) is 11.8 Å². The molecule has 5 rings (SSSR count). The van der Waals surface area contributed by atoms with Crippen LogP contribution in [0, 0.1) is 12.3 Å². The lowest BCUT2D eigenvalue weighted by atomic mass is 9.90. The minimum Gasteiger partial charge on any atom is -0.456 e. The Morgan fingerprint density at radius 2 is 1.59 bits per heavy atom. The molecule has 0 bridgehead atoms. The van der Waals surface area contributed by atoms with E-state index in [4.69, 9.17) is 10.8 Å². The van der Waals surface area contributed by atoms with Crippen LogP contribution in [0.25, 0.3) is 33.4 Å².